The summed E-state index contributed by atoms with van der Waals surface area (Å²) >= 11 is 1.36. The molecule has 7 heteroatoms. The van der Waals surface area contributed by atoms with Crippen LogP contribution in [0.4, 0.5) is 5.13 Å². The van der Waals surface area contributed by atoms with E-state index < -0.39 is 6.04 Å². The highest BCUT2D eigenvalue weighted by atomic mass is 32.1. The largest absolute Gasteiger partial charge is 0.341 e. The second-order valence-corrected chi connectivity index (χ2v) is 6.92. The van der Waals surface area contributed by atoms with E-state index >= 15 is 0 Å². The molecule has 2 amide bonds. The Morgan fingerprint density at radius 2 is 1.88 bits per heavy atom. The van der Waals surface area contributed by atoms with Gasteiger partial charge >= 0.3 is 0 Å². The molecular formula is C17H22N4O2S. The highest BCUT2D eigenvalue weighted by Gasteiger charge is 2.23. The van der Waals surface area contributed by atoms with E-state index in [1.165, 1.54) is 11.3 Å². The fourth-order valence-electron chi connectivity index (χ4n) is 2.12. The average Bonchev–Trinajstić information content (AvgIpc) is 2.99. The first-order valence-electron chi connectivity index (χ1n) is 7.97. The van der Waals surface area contributed by atoms with Crippen LogP contribution in [0.1, 0.15) is 43.8 Å². The summed E-state index contributed by atoms with van der Waals surface area (Å²) in [4.78, 5) is 24.4. The molecule has 24 heavy (non-hydrogen) atoms. The lowest BCUT2D eigenvalue weighted by molar-refractivity contribution is -0.126. The van der Waals surface area contributed by atoms with Crippen LogP contribution in [0.2, 0.25) is 0 Å². The summed E-state index contributed by atoms with van der Waals surface area (Å²) in [7, 11) is 0. The van der Waals surface area contributed by atoms with Gasteiger partial charge in [-0.25, -0.2) is 0 Å². The van der Waals surface area contributed by atoms with Crippen LogP contribution < -0.4 is 10.6 Å². The van der Waals surface area contributed by atoms with Crippen molar-refractivity contribution in [3.05, 3.63) is 40.9 Å². The third-order valence-electron chi connectivity index (χ3n) is 3.30. The van der Waals surface area contributed by atoms with Crippen molar-refractivity contribution >= 4 is 28.3 Å². The minimum Gasteiger partial charge on any atom is -0.341 e. The Bertz CT molecular complexity index is 685. The van der Waals surface area contributed by atoms with Crippen LogP contribution in [0.5, 0.6) is 0 Å². The average molecular weight is 346 g/mol. The Balaban J connectivity index is 2.12. The summed E-state index contributed by atoms with van der Waals surface area (Å²) in [5, 5.41) is 14.9. The highest BCUT2D eigenvalue weighted by molar-refractivity contribution is 7.15. The summed E-state index contributed by atoms with van der Waals surface area (Å²) in [5.74, 6) is -0.0329. The molecule has 128 valence electrons. The Morgan fingerprint density at radius 3 is 2.50 bits per heavy atom. The monoisotopic (exact) mass is 346 g/mol. The SMILES string of the molecule is CCC(=O)NC(C(=O)Nc1nnc(CC(C)C)s1)c1ccccc1. The van der Waals surface area contributed by atoms with E-state index in [1.54, 1.807) is 6.92 Å². The molecule has 1 unspecified atom stereocenters. The number of hydrogen-bond acceptors (Lipinski definition) is 5. The predicted octanol–water partition coefficient (Wildman–Crippen LogP) is 2.94. The molecule has 0 aliphatic heterocycles. The third kappa shape index (κ3) is 5.13. The van der Waals surface area contributed by atoms with Crippen molar-refractivity contribution in [3.8, 4) is 0 Å². The molecule has 2 rings (SSSR count). The second kappa shape index (κ2) is 8.54. The van der Waals surface area contributed by atoms with Crippen molar-refractivity contribution < 1.29 is 9.59 Å². The molecule has 0 spiro atoms. The molecule has 0 fully saturated rings. The van der Waals surface area contributed by atoms with Crippen molar-refractivity contribution in [2.24, 2.45) is 5.92 Å². The van der Waals surface area contributed by atoms with Crippen LogP contribution >= 0.6 is 11.3 Å². The number of amides is 2. The van der Waals surface area contributed by atoms with Gasteiger partial charge in [-0.05, 0) is 11.5 Å². The lowest BCUT2D eigenvalue weighted by atomic mass is 10.1. The van der Waals surface area contributed by atoms with Gasteiger partial charge < -0.3 is 5.32 Å². The van der Waals surface area contributed by atoms with E-state index in [0.717, 1.165) is 17.0 Å². The molecule has 0 aliphatic rings. The van der Waals surface area contributed by atoms with Gasteiger partial charge in [-0.3, -0.25) is 14.9 Å². The van der Waals surface area contributed by atoms with Crippen molar-refractivity contribution in [3.63, 3.8) is 0 Å². The van der Waals surface area contributed by atoms with Gasteiger partial charge in [0.2, 0.25) is 11.0 Å². The van der Waals surface area contributed by atoms with Crippen LogP contribution in [0.15, 0.2) is 30.3 Å². The third-order valence-corrected chi connectivity index (χ3v) is 4.16. The smallest absolute Gasteiger partial charge is 0.253 e. The highest BCUT2D eigenvalue weighted by Crippen LogP contribution is 2.21. The topological polar surface area (TPSA) is 84.0 Å². The maximum absolute atomic E-state index is 12.6. The van der Waals surface area contributed by atoms with E-state index in [-0.39, 0.29) is 11.8 Å². The number of nitrogens with one attached hydrogen (secondary N) is 2. The Hall–Kier alpha value is -2.28. The minimum absolute atomic E-state index is 0.184. The van der Waals surface area contributed by atoms with E-state index in [9.17, 15) is 9.59 Å². The fourth-order valence-corrected chi connectivity index (χ4v) is 3.08. The first kappa shape index (κ1) is 18.1. The van der Waals surface area contributed by atoms with Crippen molar-refractivity contribution in [2.45, 2.75) is 39.7 Å². The number of aromatic nitrogens is 2. The van der Waals surface area contributed by atoms with Crippen LogP contribution in [0.25, 0.3) is 0 Å². The van der Waals surface area contributed by atoms with Crippen molar-refractivity contribution in [2.75, 3.05) is 5.32 Å². The maximum Gasteiger partial charge on any atom is 0.253 e. The Morgan fingerprint density at radius 1 is 1.17 bits per heavy atom. The van der Waals surface area contributed by atoms with Gasteiger partial charge in [0.05, 0.1) is 0 Å². The number of anilines is 1. The van der Waals surface area contributed by atoms with Gasteiger partial charge in [0, 0.05) is 12.8 Å². The van der Waals surface area contributed by atoms with Gasteiger partial charge in [-0.15, -0.1) is 10.2 Å². The van der Waals surface area contributed by atoms with Gasteiger partial charge in [0.15, 0.2) is 0 Å². The Kier molecular flexibility index (Phi) is 6.43. The van der Waals surface area contributed by atoms with E-state index in [4.69, 9.17) is 0 Å². The molecule has 1 atom stereocenters. The summed E-state index contributed by atoms with van der Waals surface area (Å²) < 4.78 is 0. The summed E-state index contributed by atoms with van der Waals surface area (Å²) in [6.45, 7) is 5.95. The fraction of sp³-hybridized carbons (Fsp3) is 0.412. The summed E-state index contributed by atoms with van der Waals surface area (Å²) in [6.07, 6.45) is 1.14. The van der Waals surface area contributed by atoms with Crippen LogP contribution in [-0.4, -0.2) is 22.0 Å². The Labute approximate surface area is 145 Å². The molecule has 0 radical (unpaired) electrons. The molecule has 0 saturated carbocycles. The van der Waals surface area contributed by atoms with Crippen molar-refractivity contribution in [1.29, 1.82) is 0 Å². The lowest BCUT2D eigenvalue weighted by Gasteiger charge is -2.17. The normalized spacial score (nSPS) is 12.0. The minimum atomic E-state index is -0.754. The molecule has 2 aromatic rings. The molecule has 6 nitrogen and oxygen atoms in total. The second-order valence-electron chi connectivity index (χ2n) is 5.85. The van der Waals surface area contributed by atoms with Crippen LogP contribution in [0.3, 0.4) is 0 Å². The van der Waals surface area contributed by atoms with Crippen LogP contribution in [0, 0.1) is 5.92 Å². The lowest BCUT2D eigenvalue weighted by Crippen LogP contribution is -2.36. The van der Waals surface area contributed by atoms with E-state index in [2.05, 4.69) is 34.7 Å². The number of benzene rings is 1. The van der Waals surface area contributed by atoms with Gasteiger partial charge in [0.25, 0.3) is 5.91 Å². The molecule has 0 aliphatic carbocycles. The molecule has 0 bridgehead atoms. The molecule has 2 N–H and O–H groups in total. The molecule has 0 saturated heterocycles. The number of carbonyl (C=O) groups is 2. The van der Waals surface area contributed by atoms with Gasteiger partial charge in [-0.1, -0.05) is 62.4 Å². The zero-order valence-corrected chi connectivity index (χ0v) is 14.9. The number of nitrogens with zero attached hydrogens (tertiary/aromatic N) is 2. The van der Waals surface area contributed by atoms with Crippen molar-refractivity contribution in [1.82, 2.24) is 15.5 Å². The summed E-state index contributed by atoms with van der Waals surface area (Å²) in [6, 6.07) is 8.40. The summed E-state index contributed by atoms with van der Waals surface area (Å²) in [5.41, 5.74) is 0.726. The quantitative estimate of drug-likeness (QED) is 0.807. The zero-order valence-electron chi connectivity index (χ0n) is 14.1. The standard InChI is InChI=1S/C17H22N4O2S/c1-4-13(22)18-15(12-8-6-5-7-9-12)16(23)19-17-21-20-14(24-17)10-11(2)3/h5-9,11,15H,4,10H2,1-3H3,(H,18,22)(H,19,21,23). The van der Waals surface area contributed by atoms with Crippen LogP contribution in [-0.2, 0) is 16.0 Å². The first-order valence-corrected chi connectivity index (χ1v) is 8.78. The first-order chi connectivity index (χ1) is 11.5. The van der Waals surface area contributed by atoms with E-state index in [1.807, 2.05) is 30.3 Å². The molecular weight excluding hydrogens is 324 g/mol. The number of carbonyl (C=O) groups excluding carboxylic acids is 2. The molecule has 1 heterocycles. The molecule has 1 aromatic carbocycles. The van der Waals surface area contributed by atoms with E-state index in [0.29, 0.717) is 17.5 Å². The molecule has 1 aromatic heterocycles. The predicted molar refractivity (Wildman–Crippen MR) is 94.7 cm³/mol. The zero-order chi connectivity index (χ0) is 17.5. The number of hydrogen-bond donors (Lipinski definition) is 2. The van der Waals surface area contributed by atoms with Gasteiger partial charge in [-0.2, -0.15) is 0 Å². The maximum atomic E-state index is 12.6. The number of rotatable bonds is 7. The van der Waals surface area contributed by atoms with Gasteiger partial charge in [0.1, 0.15) is 11.0 Å².